The van der Waals surface area contributed by atoms with Crippen LogP contribution < -0.4 is 5.32 Å². The third-order valence-corrected chi connectivity index (χ3v) is 3.93. The molecular formula is C17H25FN2O3. The highest BCUT2D eigenvalue weighted by Gasteiger charge is 2.27. The lowest BCUT2D eigenvalue weighted by atomic mass is 10.1. The molecule has 0 saturated carbocycles. The summed E-state index contributed by atoms with van der Waals surface area (Å²) in [6, 6.07) is 4.78. The number of nitrogens with zero attached hydrogens (tertiary/aromatic N) is 1. The largest absolute Gasteiger partial charge is 0.380 e. The number of halogens is 1. The van der Waals surface area contributed by atoms with Gasteiger partial charge in [0.1, 0.15) is 5.82 Å². The van der Waals surface area contributed by atoms with Gasteiger partial charge in [0.05, 0.1) is 18.8 Å². The number of morpholine rings is 1. The van der Waals surface area contributed by atoms with E-state index >= 15 is 0 Å². The number of carbonyl (C=O) groups excluding carboxylic acids is 1. The monoisotopic (exact) mass is 324 g/mol. The first kappa shape index (κ1) is 17.7. The molecule has 0 unspecified atom stereocenters. The molecule has 0 aromatic heterocycles. The van der Waals surface area contributed by atoms with E-state index in [0.717, 1.165) is 12.0 Å². The van der Waals surface area contributed by atoms with E-state index < -0.39 is 0 Å². The van der Waals surface area contributed by atoms with E-state index in [1.165, 1.54) is 13.2 Å². The number of urea groups is 1. The Bertz CT molecular complexity index is 539. The molecule has 2 rings (SSSR count). The molecule has 0 aliphatic carbocycles. The van der Waals surface area contributed by atoms with Gasteiger partial charge in [-0.1, -0.05) is 19.1 Å². The maximum atomic E-state index is 13.8. The van der Waals surface area contributed by atoms with Gasteiger partial charge in [-0.05, 0) is 25.0 Å². The fourth-order valence-corrected chi connectivity index (χ4v) is 2.70. The van der Waals surface area contributed by atoms with Crippen LogP contribution in [0.4, 0.5) is 9.18 Å². The fraction of sp³-hybridized carbons (Fsp3) is 0.588. The topological polar surface area (TPSA) is 50.8 Å². The second-order valence-corrected chi connectivity index (χ2v) is 5.90. The number of amides is 2. The molecule has 23 heavy (non-hydrogen) atoms. The van der Waals surface area contributed by atoms with E-state index in [1.54, 1.807) is 17.0 Å². The summed E-state index contributed by atoms with van der Waals surface area (Å²) in [6.45, 7) is 5.71. The van der Waals surface area contributed by atoms with Gasteiger partial charge in [0.2, 0.25) is 0 Å². The molecule has 0 radical (unpaired) electrons. The third-order valence-electron chi connectivity index (χ3n) is 3.93. The predicted octanol–water partition coefficient (Wildman–Crippen LogP) is 2.68. The Kier molecular flexibility index (Phi) is 6.36. The summed E-state index contributed by atoms with van der Waals surface area (Å²) in [5.74, 6) is -0.315. The van der Waals surface area contributed by atoms with E-state index in [9.17, 15) is 9.18 Å². The van der Waals surface area contributed by atoms with E-state index in [2.05, 4.69) is 5.32 Å². The average molecular weight is 324 g/mol. The van der Waals surface area contributed by atoms with Gasteiger partial charge in [-0.3, -0.25) is 0 Å². The quantitative estimate of drug-likeness (QED) is 0.906. The van der Waals surface area contributed by atoms with Crippen LogP contribution in [-0.2, 0) is 22.6 Å². The zero-order valence-electron chi connectivity index (χ0n) is 14.0. The molecule has 5 nitrogen and oxygen atoms in total. The van der Waals surface area contributed by atoms with Crippen LogP contribution in [0.15, 0.2) is 18.2 Å². The molecule has 1 fully saturated rings. The van der Waals surface area contributed by atoms with Crippen LogP contribution in [0.25, 0.3) is 0 Å². The summed E-state index contributed by atoms with van der Waals surface area (Å²) in [5, 5.41) is 2.85. The standard InChI is InChI=1S/C17H25FN2O3/c1-4-15-10-20(9-12(2)23-15)17(21)19-8-13-5-6-14(11-22-3)16(18)7-13/h5-7,12,15H,4,8-11H2,1-3H3,(H,19,21)/t12-,15-/m0/s1. The smallest absolute Gasteiger partial charge is 0.317 e. The second-order valence-electron chi connectivity index (χ2n) is 5.90. The van der Waals surface area contributed by atoms with Crippen molar-refractivity contribution in [1.29, 1.82) is 0 Å². The first-order chi connectivity index (χ1) is 11.0. The van der Waals surface area contributed by atoms with Crippen molar-refractivity contribution in [3.63, 3.8) is 0 Å². The van der Waals surface area contributed by atoms with E-state index in [1.807, 2.05) is 13.8 Å². The van der Waals surface area contributed by atoms with Gasteiger partial charge in [0.25, 0.3) is 0 Å². The highest BCUT2D eigenvalue weighted by molar-refractivity contribution is 5.74. The van der Waals surface area contributed by atoms with Crippen molar-refractivity contribution < 1.29 is 18.7 Å². The van der Waals surface area contributed by atoms with Crippen molar-refractivity contribution in [2.75, 3.05) is 20.2 Å². The Morgan fingerprint density at radius 2 is 2.26 bits per heavy atom. The van der Waals surface area contributed by atoms with Gasteiger partial charge in [-0.2, -0.15) is 0 Å². The molecule has 0 bridgehead atoms. The number of rotatable bonds is 5. The highest BCUT2D eigenvalue weighted by atomic mass is 19.1. The molecule has 2 atom stereocenters. The average Bonchev–Trinajstić information content (AvgIpc) is 2.54. The summed E-state index contributed by atoms with van der Waals surface area (Å²) in [7, 11) is 1.53. The van der Waals surface area contributed by atoms with Crippen molar-refractivity contribution in [3.05, 3.63) is 35.1 Å². The normalized spacial score (nSPS) is 21.3. The summed E-state index contributed by atoms with van der Waals surface area (Å²) in [4.78, 5) is 14.0. The molecular weight excluding hydrogens is 299 g/mol. The first-order valence-corrected chi connectivity index (χ1v) is 7.98. The van der Waals surface area contributed by atoms with Crippen LogP contribution in [0.1, 0.15) is 31.4 Å². The summed E-state index contributed by atoms with van der Waals surface area (Å²) in [5.41, 5.74) is 1.24. The van der Waals surface area contributed by atoms with Crippen molar-refractivity contribution in [3.8, 4) is 0 Å². The van der Waals surface area contributed by atoms with Gasteiger partial charge in [-0.25, -0.2) is 9.18 Å². The lowest BCUT2D eigenvalue weighted by Crippen LogP contribution is -2.52. The second kappa shape index (κ2) is 8.26. The van der Waals surface area contributed by atoms with Gasteiger partial charge < -0.3 is 19.7 Å². The van der Waals surface area contributed by atoms with Crippen molar-refractivity contribution in [2.45, 2.75) is 45.6 Å². The van der Waals surface area contributed by atoms with Crippen molar-refractivity contribution in [2.24, 2.45) is 0 Å². The van der Waals surface area contributed by atoms with Gasteiger partial charge in [0.15, 0.2) is 0 Å². The van der Waals surface area contributed by atoms with Gasteiger partial charge in [0, 0.05) is 32.3 Å². The Morgan fingerprint density at radius 3 is 2.91 bits per heavy atom. The lowest BCUT2D eigenvalue weighted by Gasteiger charge is -2.36. The van der Waals surface area contributed by atoms with Crippen LogP contribution in [0.2, 0.25) is 0 Å². The fourth-order valence-electron chi connectivity index (χ4n) is 2.70. The molecule has 1 saturated heterocycles. The molecule has 0 spiro atoms. The molecule has 1 aromatic rings. The minimum Gasteiger partial charge on any atom is -0.380 e. The number of carbonyl (C=O) groups is 1. The summed E-state index contributed by atoms with van der Waals surface area (Å²) < 4.78 is 24.5. The number of methoxy groups -OCH3 is 1. The molecule has 2 amide bonds. The maximum Gasteiger partial charge on any atom is 0.317 e. The molecule has 1 heterocycles. The minimum absolute atomic E-state index is 0.0326. The Hall–Kier alpha value is -1.66. The minimum atomic E-state index is -0.315. The lowest BCUT2D eigenvalue weighted by molar-refractivity contribution is -0.0646. The maximum absolute atomic E-state index is 13.8. The molecule has 128 valence electrons. The first-order valence-electron chi connectivity index (χ1n) is 7.98. The highest BCUT2D eigenvalue weighted by Crippen LogP contribution is 2.14. The van der Waals surface area contributed by atoms with Gasteiger partial charge in [-0.15, -0.1) is 0 Å². The number of nitrogens with one attached hydrogen (secondary N) is 1. The number of hydrogen-bond donors (Lipinski definition) is 1. The van der Waals surface area contributed by atoms with Crippen molar-refractivity contribution in [1.82, 2.24) is 10.2 Å². The molecule has 6 heteroatoms. The van der Waals surface area contributed by atoms with Gasteiger partial charge >= 0.3 is 6.03 Å². The Balaban J connectivity index is 1.90. The van der Waals surface area contributed by atoms with E-state index in [0.29, 0.717) is 25.2 Å². The predicted molar refractivity (Wildman–Crippen MR) is 85.5 cm³/mol. The Morgan fingerprint density at radius 1 is 1.48 bits per heavy atom. The van der Waals surface area contributed by atoms with Crippen LogP contribution in [0, 0.1) is 5.82 Å². The number of ether oxygens (including phenoxy) is 2. The molecule has 1 aromatic carbocycles. The molecule has 1 aliphatic heterocycles. The zero-order chi connectivity index (χ0) is 16.8. The van der Waals surface area contributed by atoms with Crippen LogP contribution >= 0.6 is 0 Å². The number of benzene rings is 1. The van der Waals surface area contributed by atoms with Crippen LogP contribution in [0.5, 0.6) is 0 Å². The zero-order valence-corrected chi connectivity index (χ0v) is 14.0. The Labute approximate surface area is 136 Å². The molecule has 1 N–H and O–H groups in total. The SMILES string of the molecule is CC[C@H]1CN(C(=O)NCc2ccc(COC)c(F)c2)C[C@H](C)O1. The molecule has 1 aliphatic rings. The van der Waals surface area contributed by atoms with Crippen LogP contribution in [0.3, 0.4) is 0 Å². The third kappa shape index (κ3) is 4.91. The number of hydrogen-bond acceptors (Lipinski definition) is 3. The summed E-state index contributed by atoms with van der Waals surface area (Å²) in [6.07, 6.45) is 0.987. The van der Waals surface area contributed by atoms with E-state index in [4.69, 9.17) is 9.47 Å². The van der Waals surface area contributed by atoms with Crippen LogP contribution in [-0.4, -0.2) is 43.3 Å². The summed E-state index contributed by atoms with van der Waals surface area (Å²) >= 11 is 0. The van der Waals surface area contributed by atoms with E-state index in [-0.39, 0.29) is 30.7 Å². The van der Waals surface area contributed by atoms with Crippen molar-refractivity contribution >= 4 is 6.03 Å².